The van der Waals surface area contributed by atoms with E-state index in [1.54, 1.807) is 61.5 Å². The van der Waals surface area contributed by atoms with Crippen molar-refractivity contribution in [1.29, 1.82) is 0 Å². The molecule has 4 rings (SSSR count). The molecule has 2 aromatic rings. The number of benzene rings is 2. The number of carbonyl (C=O) groups is 2. The molecule has 0 saturated carbocycles. The van der Waals surface area contributed by atoms with Crippen molar-refractivity contribution in [1.82, 2.24) is 15.8 Å². The number of anilines is 1. The number of nitrogens with one attached hydrogen (secondary N) is 3. The summed E-state index contributed by atoms with van der Waals surface area (Å²) in [7, 11) is 1.52. The first-order valence-corrected chi connectivity index (χ1v) is 10.3. The summed E-state index contributed by atoms with van der Waals surface area (Å²) in [5.74, 6) is -1.56. The third-order valence-electron chi connectivity index (χ3n) is 5.80. The van der Waals surface area contributed by atoms with Crippen LogP contribution >= 0.6 is 0 Å². The Labute approximate surface area is 188 Å². The second-order valence-corrected chi connectivity index (χ2v) is 7.91. The molecule has 174 valence electrons. The molecule has 3 atom stereocenters. The lowest BCUT2D eigenvalue weighted by Crippen LogP contribution is -2.55. The lowest BCUT2D eigenvalue weighted by atomic mass is 9.89. The van der Waals surface area contributed by atoms with Crippen LogP contribution in [-0.2, 0) is 9.59 Å². The second-order valence-electron chi connectivity index (χ2n) is 7.91. The Hall–Kier alpha value is -3.53. The second kappa shape index (κ2) is 8.78. The molecule has 1 fully saturated rings. The van der Waals surface area contributed by atoms with Crippen LogP contribution in [0.15, 0.2) is 65.9 Å². The Morgan fingerprint density at radius 1 is 1.12 bits per heavy atom. The van der Waals surface area contributed by atoms with Crippen LogP contribution in [0, 0.1) is 0 Å². The SMILES string of the molecule is COc1ccc(NC(=O)CC2=C(C)NC3C(c4ccccc4)C(C(F)(F)F)NN3C2=O)cc1. The van der Waals surface area contributed by atoms with Crippen LogP contribution in [0.5, 0.6) is 5.75 Å². The maximum atomic E-state index is 13.8. The minimum atomic E-state index is -4.58. The van der Waals surface area contributed by atoms with E-state index >= 15 is 0 Å². The van der Waals surface area contributed by atoms with Crippen molar-refractivity contribution in [2.75, 3.05) is 12.4 Å². The standard InChI is InChI=1S/C23H23F3N4O3/c1-13-17(12-18(31)28-15-8-10-16(33-2)11-9-15)22(32)30-21(27-13)19(14-6-4-3-5-7-14)20(29-30)23(24,25)26/h3-11,19-21,27,29H,12H2,1-2H3,(H,28,31). The highest BCUT2D eigenvalue weighted by molar-refractivity contribution is 6.03. The van der Waals surface area contributed by atoms with E-state index in [1.165, 1.54) is 7.11 Å². The van der Waals surface area contributed by atoms with Crippen molar-refractivity contribution in [2.24, 2.45) is 0 Å². The van der Waals surface area contributed by atoms with E-state index in [2.05, 4.69) is 16.1 Å². The van der Waals surface area contributed by atoms with Crippen LogP contribution in [0.3, 0.4) is 0 Å². The van der Waals surface area contributed by atoms with Gasteiger partial charge in [-0.25, -0.2) is 5.43 Å². The van der Waals surface area contributed by atoms with E-state index in [1.807, 2.05) is 0 Å². The van der Waals surface area contributed by atoms with Crippen LogP contribution < -0.4 is 20.8 Å². The Morgan fingerprint density at radius 3 is 2.39 bits per heavy atom. The monoisotopic (exact) mass is 460 g/mol. The highest BCUT2D eigenvalue weighted by Gasteiger charge is 2.57. The smallest absolute Gasteiger partial charge is 0.406 e. The number of halogens is 3. The van der Waals surface area contributed by atoms with Crippen molar-refractivity contribution in [3.05, 3.63) is 71.4 Å². The van der Waals surface area contributed by atoms with Crippen molar-refractivity contribution in [2.45, 2.75) is 37.6 Å². The van der Waals surface area contributed by atoms with E-state index in [9.17, 15) is 22.8 Å². The number of ether oxygens (including phenoxy) is 1. The largest absolute Gasteiger partial charge is 0.497 e. The van der Waals surface area contributed by atoms with Crippen LogP contribution in [0.25, 0.3) is 0 Å². The van der Waals surface area contributed by atoms with Gasteiger partial charge in [0.15, 0.2) is 0 Å². The molecule has 0 bridgehead atoms. The molecule has 2 aliphatic rings. The predicted molar refractivity (Wildman–Crippen MR) is 115 cm³/mol. The van der Waals surface area contributed by atoms with E-state index in [4.69, 9.17) is 4.74 Å². The molecule has 0 aliphatic carbocycles. The van der Waals surface area contributed by atoms with Crippen molar-refractivity contribution < 1.29 is 27.5 Å². The van der Waals surface area contributed by atoms with Crippen LogP contribution in [0.4, 0.5) is 18.9 Å². The molecule has 2 aromatic carbocycles. The minimum absolute atomic E-state index is 0.0967. The molecular weight excluding hydrogens is 437 g/mol. The molecule has 7 nitrogen and oxygen atoms in total. The first-order chi connectivity index (χ1) is 15.7. The fraction of sp³-hybridized carbons (Fsp3) is 0.304. The summed E-state index contributed by atoms with van der Waals surface area (Å²) < 4.78 is 46.6. The van der Waals surface area contributed by atoms with Crippen LogP contribution in [-0.4, -0.2) is 42.3 Å². The van der Waals surface area contributed by atoms with Crippen molar-refractivity contribution in [3.8, 4) is 5.75 Å². The number of methoxy groups -OCH3 is 1. The van der Waals surface area contributed by atoms with Crippen LogP contribution in [0.1, 0.15) is 24.8 Å². The summed E-state index contributed by atoms with van der Waals surface area (Å²) in [6.45, 7) is 1.59. The number of alkyl halides is 3. The molecule has 33 heavy (non-hydrogen) atoms. The van der Waals surface area contributed by atoms with Gasteiger partial charge in [-0.1, -0.05) is 30.3 Å². The minimum Gasteiger partial charge on any atom is -0.497 e. The van der Waals surface area contributed by atoms with E-state index < -0.39 is 36.1 Å². The summed E-state index contributed by atoms with van der Waals surface area (Å²) in [5, 5.41) is 6.66. The highest BCUT2D eigenvalue weighted by atomic mass is 19.4. The molecule has 1 saturated heterocycles. The molecule has 3 N–H and O–H groups in total. The molecule has 2 aliphatic heterocycles. The summed E-state index contributed by atoms with van der Waals surface area (Å²) >= 11 is 0. The van der Waals surface area contributed by atoms with Gasteiger partial charge < -0.3 is 15.4 Å². The lowest BCUT2D eigenvalue weighted by molar-refractivity contribution is -0.161. The average Bonchev–Trinajstić information content (AvgIpc) is 3.18. The van der Waals surface area contributed by atoms with Gasteiger partial charge in [0.25, 0.3) is 5.91 Å². The van der Waals surface area contributed by atoms with Gasteiger partial charge in [0.1, 0.15) is 18.0 Å². The predicted octanol–water partition coefficient (Wildman–Crippen LogP) is 3.29. The molecule has 10 heteroatoms. The topological polar surface area (TPSA) is 82.7 Å². The number of fused-ring (bicyclic) bond motifs is 1. The molecule has 3 unspecified atom stereocenters. The maximum Gasteiger partial charge on any atom is 0.406 e. The molecule has 0 spiro atoms. The van der Waals surface area contributed by atoms with Gasteiger partial charge in [-0.15, -0.1) is 0 Å². The number of hydrogen-bond donors (Lipinski definition) is 3. The average molecular weight is 460 g/mol. The summed E-state index contributed by atoms with van der Waals surface area (Å²) in [6, 6.07) is 12.9. The fourth-order valence-electron chi connectivity index (χ4n) is 4.18. The number of nitrogens with zero attached hydrogens (tertiary/aromatic N) is 1. The summed E-state index contributed by atoms with van der Waals surface area (Å²) in [5.41, 5.74) is 3.76. The van der Waals surface area contributed by atoms with Gasteiger partial charge >= 0.3 is 6.18 Å². The van der Waals surface area contributed by atoms with Crippen LogP contribution in [0.2, 0.25) is 0 Å². The third-order valence-corrected chi connectivity index (χ3v) is 5.80. The van der Waals surface area contributed by atoms with E-state index in [0.717, 1.165) is 5.01 Å². The molecule has 0 radical (unpaired) electrons. The number of allylic oxidation sites excluding steroid dienone is 1. The first kappa shape index (κ1) is 22.7. The lowest BCUT2D eigenvalue weighted by Gasteiger charge is -2.35. The normalized spacial score (nSPS) is 22.6. The summed E-state index contributed by atoms with van der Waals surface area (Å²) in [6.07, 6.45) is -5.82. The van der Waals surface area contributed by atoms with Crippen molar-refractivity contribution in [3.63, 3.8) is 0 Å². The maximum absolute atomic E-state index is 13.8. The Kier molecular flexibility index (Phi) is 6.03. The molecule has 2 heterocycles. The zero-order valence-electron chi connectivity index (χ0n) is 17.9. The van der Waals surface area contributed by atoms with Gasteiger partial charge in [0.05, 0.1) is 19.4 Å². The first-order valence-electron chi connectivity index (χ1n) is 10.3. The van der Waals surface area contributed by atoms with Crippen molar-refractivity contribution >= 4 is 17.5 Å². The number of hydrazine groups is 1. The van der Waals surface area contributed by atoms with E-state index in [-0.39, 0.29) is 12.0 Å². The molecule has 0 aromatic heterocycles. The zero-order valence-corrected chi connectivity index (χ0v) is 17.9. The molecule has 2 amide bonds. The van der Waals surface area contributed by atoms with Gasteiger partial charge in [0.2, 0.25) is 5.91 Å². The third kappa shape index (κ3) is 4.51. The van der Waals surface area contributed by atoms with E-state index in [0.29, 0.717) is 22.7 Å². The quantitative estimate of drug-likeness (QED) is 0.638. The number of carbonyl (C=O) groups excluding carboxylic acids is 2. The van der Waals surface area contributed by atoms with Gasteiger partial charge in [-0.3, -0.25) is 14.6 Å². The zero-order chi connectivity index (χ0) is 23.8. The van der Waals surface area contributed by atoms with Gasteiger partial charge in [0, 0.05) is 17.0 Å². The van der Waals surface area contributed by atoms with Gasteiger partial charge in [-0.2, -0.15) is 13.2 Å². The number of amides is 2. The number of rotatable bonds is 5. The summed E-state index contributed by atoms with van der Waals surface area (Å²) in [4.78, 5) is 25.7. The fourth-order valence-corrected chi connectivity index (χ4v) is 4.18. The Morgan fingerprint density at radius 2 is 1.79 bits per heavy atom. The Bertz CT molecular complexity index is 1070. The highest BCUT2D eigenvalue weighted by Crippen LogP contribution is 2.41. The Balaban J connectivity index is 1.55. The number of hydrogen-bond acceptors (Lipinski definition) is 5. The van der Waals surface area contributed by atoms with Gasteiger partial charge in [-0.05, 0) is 36.8 Å². The molecular formula is C23H23F3N4O3.